The first-order chi connectivity index (χ1) is 10.1. The van der Waals surface area contributed by atoms with E-state index < -0.39 is 0 Å². The number of nitrogens with two attached hydrogens (primary N) is 1. The smallest absolute Gasteiger partial charge is 0.155 e. The van der Waals surface area contributed by atoms with Gasteiger partial charge in [0, 0.05) is 36.7 Å². The lowest BCUT2D eigenvalue weighted by molar-refractivity contribution is -0.00543. The number of hydrogen-bond donors (Lipinski definition) is 1. The molecule has 1 aliphatic rings. The molecule has 2 heterocycles. The van der Waals surface area contributed by atoms with Crippen molar-refractivity contribution in [3.05, 3.63) is 36.7 Å². The molecular weight excluding hydrogens is 264 g/mol. The molecule has 3 rings (SSSR count). The Morgan fingerprint density at radius 2 is 1.67 bits per heavy atom. The minimum absolute atomic E-state index is 0.190. The molecule has 1 aromatic heterocycles. The Hall–Kier alpha value is -2.14. The van der Waals surface area contributed by atoms with Crippen LogP contribution < -0.4 is 10.6 Å². The standard InChI is InChI=1S/C16H20N4O/c1-11-9-20(10-12(2)21-11)16-15(18-7-8-19-16)13-3-5-14(17)6-4-13/h3-8,11-12H,9-10,17H2,1-2H3. The SMILES string of the molecule is CC1CN(c2nccnc2-c2ccc(N)cc2)CC(C)O1. The second-order valence-corrected chi connectivity index (χ2v) is 5.51. The summed E-state index contributed by atoms with van der Waals surface area (Å²) >= 11 is 0. The first kappa shape index (κ1) is 13.8. The van der Waals surface area contributed by atoms with E-state index in [1.54, 1.807) is 12.4 Å². The summed E-state index contributed by atoms with van der Waals surface area (Å²) in [4.78, 5) is 11.3. The molecule has 1 saturated heterocycles. The van der Waals surface area contributed by atoms with Gasteiger partial charge in [0.2, 0.25) is 0 Å². The Bertz CT molecular complexity index is 604. The van der Waals surface area contributed by atoms with E-state index in [2.05, 4.69) is 28.7 Å². The number of benzene rings is 1. The molecule has 2 aromatic rings. The van der Waals surface area contributed by atoms with Gasteiger partial charge in [0.15, 0.2) is 5.82 Å². The maximum atomic E-state index is 5.79. The van der Waals surface area contributed by atoms with Gasteiger partial charge in [-0.1, -0.05) is 12.1 Å². The lowest BCUT2D eigenvalue weighted by atomic mass is 10.1. The Balaban J connectivity index is 1.97. The highest BCUT2D eigenvalue weighted by atomic mass is 16.5. The summed E-state index contributed by atoms with van der Waals surface area (Å²) < 4.78 is 5.79. The molecule has 0 spiro atoms. The first-order valence-electron chi connectivity index (χ1n) is 7.21. The molecular formula is C16H20N4O. The number of anilines is 2. The van der Waals surface area contributed by atoms with Crippen LogP contribution in [0.4, 0.5) is 11.5 Å². The van der Waals surface area contributed by atoms with Crippen LogP contribution in [0.5, 0.6) is 0 Å². The van der Waals surface area contributed by atoms with E-state index in [1.807, 2.05) is 24.3 Å². The summed E-state index contributed by atoms with van der Waals surface area (Å²) in [5, 5.41) is 0. The monoisotopic (exact) mass is 284 g/mol. The van der Waals surface area contributed by atoms with Crippen molar-refractivity contribution in [3.63, 3.8) is 0 Å². The van der Waals surface area contributed by atoms with Crippen LogP contribution >= 0.6 is 0 Å². The van der Waals surface area contributed by atoms with E-state index in [0.717, 1.165) is 35.9 Å². The third-order valence-corrected chi connectivity index (χ3v) is 3.58. The van der Waals surface area contributed by atoms with Crippen LogP contribution in [-0.2, 0) is 4.74 Å². The third-order valence-electron chi connectivity index (χ3n) is 3.58. The van der Waals surface area contributed by atoms with E-state index in [9.17, 15) is 0 Å². The van der Waals surface area contributed by atoms with Gasteiger partial charge in [-0.2, -0.15) is 0 Å². The maximum absolute atomic E-state index is 5.79. The molecule has 5 nitrogen and oxygen atoms in total. The third kappa shape index (κ3) is 2.97. The van der Waals surface area contributed by atoms with Gasteiger partial charge in [0.05, 0.1) is 12.2 Å². The number of nitrogens with zero attached hydrogens (tertiary/aromatic N) is 3. The van der Waals surface area contributed by atoms with Crippen LogP contribution in [0, 0.1) is 0 Å². The van der Waals surface area contributed by atoms with Crippen molar-refractivity contribution in [2.24, 2.45) is 0 Å². The van der Waals surface area contributed by atoms with Crippen LogP contribution in [-0.4, -0.2) is 35.3 Å². The molecule has 21 heavy (non-hydrogen) atoms. The average molecular weight is 284 g/mol. The number of aromatic nitrogens is 2. The maximum Gasteiger partial charge on any atom is 0.155 e. The van der Waals surface area contributed by atoms with Gasteiger partial charge in [-0.15, -0.1) is 0 Å². The molecule has 1 aromatic carbocycles. The highest BCUT2D eigenvalue weighted by Crippen LogP contribution is 2.29. The second kappa shape index (κ2) is 5.69. The van der Waals surface area contributed by atoms with E-state index in [0.29, 0.717) is 0 Å². The van der Waals surface area contributed by atoms with Crippen LogP contribution in [0.15, 0.2) is 36.7 Å². The summed E-state index contributed by atoms with van der Waals surface area (Å²) in [6.07, 6.45) is 3.84. The summed E-state index contributed by atoms with van der Waals surface area (Å²) in [5.41, 5.74) is 8.42. The molecule has 0 radical (unpaired) electrons. The molecule has 2 N–H and O–H groups in total. The number of morpholine rings is 1. The predicted octanol–water partition coefficient (Wildman–Crippen LogP) is 2.34. The van der Waals surface area contributed by atoms with Gasteiger partial charge in [-0.25, -0.2) is 4.98 Å². The van der Waals surface area contributed by atoms with Crippen LogP contribution in [0.2, 0.25) is 0 Å². The topological polar surface area (TPSA) is 64.3 Å². The zero-order valence-electron chi connectivity index (χ0n) is 12.4. The zero-order chi connectivity index (χ0) is 14.8. The van der Waals surface area contributed by atoms with Gasteiger partial charge in [-0.3, -0.25) is 4.98 Å². The number of rotatable bonds is 2. The van der Waals surface area contributed by atoms with Gasteiger partial charge in [-0.05, 0) is 26.0 Å². The van der Waals surface area contributed by atoms with E-state index in [1.165, 1.54) is 0 Å². The summed E-state index contributed by atoms with van der Waals surface area (Å²) in [5.74, 6) is 0.907. The zero-order valence-corrected chi connectivity index (χ0v) is 12.4. The quantitative estimate of drug-likeness (QED) is 0.858. The highest BCUT2D eigenvalue weighted by Gasteiger charge is 2.25. The van der Waals surface area contributed by atoms with Gasteiger partial charge in [0.25, 0.3) is 0 Å². The first-order valence-corrected chi connectivity index (χ1v) is 7.21. The van der Waals surface area contributed by atoms with Gasteiger partial charge < -0.3 is 15.4 Å². The van der Waals surface area contributed by atoms with Crippen molar-refractivity contribution in [2.45, 2.75) is 26.1 Å². The number of ether oxygens (including phenoxy) is 1. The molecule has 0 bridgehead atoms. The van der Waals surface area contributed by atoms with Crippen molar-refractivity contribution in [2.75, 3.05) is 23.7 Å². The minimum atomic E-state index is 0.190. The van der Waals surface area contributed by atoms with E-state index in [4.69, 9.17) is 10.5 Å². The minimum Gasteiger partial charge on any atom is -0.399 e. The highest BCUT2D eigenvalue weighted by molar-refractivity contribution is 5.73. The van der Waals surface area contributed by atoms with Crippen molar-refractivity contribution < 1.29 is 4.74 Å². The molecule has 1 aliphatic heterocycles. The molecule has 110 valence electrons. The molecule has 1 fully saturated rings. The Kier molecular flexibility index (Phi) is 3.75. The van der Waals surface area contributed by atoms with Crippen molar-refractivity contribution in [1.29, 1.82) is 0 Å². The molecule has 2 unspecified atom stereocenters. The molecule has 2 atom stereocenters. The van der Waals surface area contributed by atoms with Gasteiger partial charge >= 0.3 is 0 Å². The lowest BCUT2D eigenvalue weighted by Crippen LogP contribution is -2.46. The number of hydrogen-bond acceptors (Lipinski definition) is 5. The van der Waals surface area contributed by atoms with Crippen LogP contribution in [0.25, 0.3) is 11.3 Å². The molecule has 0 saturated carbocycles. The average Bonchev–Trinajstić information content (AvgIpc) is 2.47. The predicted molar refractivity (Wildman–Crippen MR) is 84.1 cm³/mol. The van der Waals surface area contributed by atoms with Crippen molar-refractivity contribution in [3.8, 4) is 11.3 Å². The number of nitrogen functional groups attached to an aromatic ring is 1. The fourth-order valence-corrected chi connectivity index (χ4v) is 2.76. The van der Waals surface area contributed by atoms with E-state index in [-0.39, 0.29) is 12.2 Å². The largest absolute Gasteiger partial charge is 0.399 e. The van der Waals surface area contributed by atoms with Crippen molar-refractivity contribution in [1.82, 2.24) is 9.97 Å². The lowest BCUT2D eigenvalue weighted by Gasteiger charge is -2.36. The Labute approximate surface area is 124 Å². The van der Waals surface area contributed by atoms with Gasteiger partial charge in [0.1, 0.15) is 5.69 Å². The van der Waals surface area contributed by atoms with Crippen LogP contribution in [0.1, 0.15) is 13.8 Å². The molecule has 0 amide bonds. The van der Waals surface area contributed by atoms with Crippen LogP contribution in [0.3, 0.4) is 0 Å². The van der Waals surface area contributed by atoms with Crippen molar-refractivity contribution >= 4 is 11.5 Å². The summed E-state index contributed by atoms with van der Waals surface area (Å²) in [7, 11) is 0. The molecule has 5 heteroatoms. The fraction of sp³-hybridized carbons (Fsp3) is 0.375. The summed E-state index contributed by atoms with van der Waals surface area (Å²) in [6, 6.07) is 7.74. The fourth-order valence-electron chi connectivity index (χ4n) is 2.76. The Morgan fingerprint density at radius 1 is 1.05 bits per heavy atom. The molecule has 0 aliphatic carbocycles. The summed E-state index contributed by atoms with van der Waals surface area (Å²) in [6.45, 7) is 5.82. The second-order valence-electron chi connectivity index (χ2n) is 5.51. The normalized spacial score (nSPS) is 22.3. The Morgan fingerprint density at radius 3 is 2.33 bits per heavy atom. The van der Waals surface area contributed by atoms with E-state index >= 15 is 0 Å².